The second-order valence-corrected chi connectivity index (χ2v) is 3.46. The van der Waals surface area contributed by atoms with Gasteiger partial charge in [-0.3, -0.25) is 4.90 Å². The van der Waals surface area contributed by atoms with Gasteiger partial charge in [0.05, 0.1) is 6.54 Å². The molecule has 1 saturated heterocycles. The summed E-state index contributed by atoms with van der Waals surface area (Å²) in [4.78, 5) is 11.4. The Morgan fingerprint density at radius 1 is 1.43 bits per heavy atom. The van der Waals surface area contributed by atoms with Crippen LogP contribution in [0.1, 0.15) is 12.8 Å². The molecule has 1 N–H and O–H groups in total. The van der Waals surface area contributed by atoms with Crippen LogP contribution in [0.4, 0.5) is 13.2 Å². The fourth-order valence-electron chi connectivity index (χ4n) is 1.41. The first-order valence-electron chi connectivity index (χ1n) is 4.39. The summed E-state index contributed by atoms with van der Waals surface area (Å²) in [5.74, 6) is -5.86. The van der Waals surface area contributed by atoms with Crippen molar-refractivity contribution in [1.29, 1.82) is 0 Å². The number of likely N-dealkylation sites (tertiary alicyclic amines) is 1. The maximum atomic E-state index is 12.7. The van der Waals surface area contributed by atoms with Crippen molar-refractivity contribution in [2.45, 2.75) is 24.9 Å². The van der Waals surface area contributed by atoms with Gasteiger partial charge in [-0.1, -0.05) is 0 Å². The van der Waals surface area contributed by atoms with E-state index in [2.05, 4.69) is 0 Å². The highest BCUT2D eigenvalue weighted by Gasteiger charge is 2.41. The van der Waals surface area contributed by atoms with Crippen LogP contribution in [0, 0.1) is 0 Å². The van der Waals surface area contributed by atoms with E-state index in [0.29, 0.717) is 0 Å². The lowest BCUT2D eigenvalue weighted by Crippen LogP contribution is -2.45. The summed E-state index contributed by atoms with van der Waals surface area (Å²) in [5, 5.41) is 8.17. The van der Waals surface area contributed by atoms with Gasteiger partial charge in [-0.2, -0.15) is 8.78 Å². The Bertz CT molecular complexity index is 215. The van der Waals surface area contributed by atoms with Crippen LogP contribution in [0.5, 0.6) is 0 Å². The molecule has 0 spiro atoms. The molecule has 1 aliphatic rings. The van der Waals surface area contributed by atoms with Crippen molar-refractivity contribution >= 4 is 5.97 Å². The normalized spacial score (nSPS) is 21.1. The highest BCUT2D eigenvalue weighted by atomic mass is 19.3. The number of piperidine rings is 1. The molecule has 1 fully saturated rings. The first-order chi connectivity index (χ1) is 6.42. The van der Waals surface area contributed by atoms with Crippen molar-refractivity contribution in [1.82, 2.24) is 4.90 Å². The zero-order valence-corrected chi connectivity index (χ0v) is 7.55. The van der Waals surface area contributed by atoms with Gasteiger partial charge >= 0.3 is 11.9 Å². The van der Waals surface area contributed by atoms with Crippen LogP contribution in [-0.2, 0) is 4.79 Å². The van der Waals surface area contributed by atoms with Crippen molar-refractivity contribution in [2.75, 3.05) is 19.6 Å². The summed E-state index contributed by atoms with van der Waals surface area (Å²) in [6, 6.07) is 0. The molecule has 0 unspecified atom stereocenters. The molecule has 0 aromatic rings. The Labute approximate surface area is 79.5 Å². The lowest BCUT2D eigenvalue weighted by atomic mass is 10.1. The average Bonchev–Trinajstić information content (AvgIpc) is 2.08. The Hall–Kier alpha value is -0.780. The van der Waals surface area contributed by atoms with Gasteiger partial charge in [0.1, 0.15) is 6.17 Å². The molecule has 0 bridgehead atoms. The van der Waals surface area contributed by atoms with Gasteiger partial charge in [-0.15, -0.1) is 0 Å². The van der Waals surface area contributed by atoms with E-state index in [0.717, 1.165) is 0 Å². The van der Waals surface area contributed by atoms with Crippen LogP contribution < -0.4 is 0 Å². The van der Waals surface area contributed by atoms with Crippen LogP contribution in [0.3, 0.4) is 0 Å². The Morgan fingerprint density at radius 3 is 2.36 bits per heavy atom. The minimum Gasteiger partial charge on any atom is -0.477 e. The van der Waals surface area contributed by atoms with Gasteiger partial charge < -0.3 is 5.11 Å². The zero-order valence-electron chi connectivity index (χ0n) is 7.55. The quantitative estimate of drug-likeness (QED) is 0.761. The summed E-state index contributed by atoms with van der Waals surface area (Å²) in [6.45, 7) is -0.427. The number of carboxylic acids is 1. The highest BCUT2D eigenvalue weighted by molar-refractivity contribution is 5.75. The third-order valence-electron chi connectivity index (χ3n) is 2.25. The van der Waals surface area contributed by atoms with E-state index < -0.39 is 24.6 Å². The molecule has 0 amide bonds. The lowest BCUT2D eigenvalue weighted by Gasteiger charge is -2.30. The Kier molecular flexibility index (Phi) is 3.36. The SMILES string of the molecule is O=C(O)C(F)(F)CN1CCC(F)CC1. The third-order valence-corrected chi connectivity index (χ3v) is 2.25. The van der Waals surface area contributed by atoms with Crippen molar-refractivity contribution < 1.29 is 23.1 Å². The monoisotopic (exact) mass is 211 g/mol. The molecular formula is C8H12F3NO2. The fraction of sp³-hybridized carbons (Fsp3) is 0.875. The molecule has 0 saturated carbocycles. The summed E-state index contributed by atoms with van der Waals surface area (Å²) < 4.78 is 38.0. The number of aliphatic carboxylic acids is 1. The molecule has 0 aromatic carbocycles. The second kappa shape index (κ2) is 4.16. The van der Waals surface area contributed by atoms with Crippen LogP contribution >= 0.6 is 0 Å². The molecule has 0 aliphatic carbocycles. The summed E-state index contributed by atoms with van der Waals surface area (Å²) >= 11 is 0. The first-order valence-corrected chi connectivity index (χ1v) is 4.39. The molecule has 0 radical (unpaired) electrons. The number of carbonyl (C=O) groups is 1. The summed E-state index contributed by atoms with van der Waals surface area (Å²) in [5.41, 5.74) is 0. The van der Waals surface area contributed by atoms with Gasteiger partial charge in [-0.25, -0.2) is 9.18 Å². The van der Waals surface area contributed by atoms with Gasteiger partial charge in [0.15, 0.2) is 0 Å². The van der Waals surface area contributed by atoms with Gasteiger partial charge in [0.25, 0.3) is 0 Å². The zero-order chi connectivity index (χ0) is 10.8. The largest absolute Gasteiger partial charge is 0.477 e. The molecule has 3 nitrogen and oxygen atoms in total. The molecule has 6 heteroatoms. The van der Waals surface area contributed by atoms with Crippen LogP contribution in [0.15, 0.2) is 0 Å². The van der Waals surface area contributed by atoms with E-state index in [9.17, 15) is 18.0 Å². The maximum Gasteiger partial charge on any atom is 0.375 e. The molecule has 82 valence electrons. The molecule has 1 heterocycles. The van der Waals surface area contributed by atoms with Crippen molar-refractivity contribution in [3.63, 3.8) is 0 Å². The van der Waals surface area contributed by atoms with E-state index in [1.165, 1.54) is 4.90 Å². The third kappa shape index (κ3) is 2.87. The van der Waals surface area contributed by atoms with Gasteiger partial charge in [0.2, 0.25) is 0 Å². The number of hydrogen-bond acceptors (Lipinski definition) is 2. The topological polar surface area (TPSA) is 40.5 Å². The van der Waals surface area contributed by atoms with E-state index in [1.807, 2.05) is 0 Å². The minimum atomic E-state index is -3.73. The van der Waals surface area contributed by atoms with E-state index in [-0.39, 0.29) is 25.9 Å². The molecule has 1 aliphatic heterocycles. The van der Waals surface area contributed by atoms with E-state index >= 15 is 0 Å². The fourth-order valence-corrected chi connectivity index (χ4v) is 1.41. The van der Waals surface area contributed by atoms with E-state index in [1.54, 1.807) is 0 Å². The first kappa shape index (κ1) is 11.3. The Morgan fingerprint density at radius 2 is 1.93 bits per heavy atom. The predicted molar refractivity (Wildman–Crippen MR) is 43.2 cm³/mol. The number of carboxylic acid groups (broad SMARTS) is 1. The van der Waals surface area contributed by atoms with E-state index in [4.69, 9.17) is 5.11 Å². The molecule has 14 heavy (non-hydrogen) atoms. The van der Waals surface area contributed by atoms with Gasteiger partial charge in [0, 0.05) is 13.1 Å². The Balaban J connectivity index is 2.41. The summed E-state index contributed by atoms with van der Waals surface area (Å²) in [7, 11) is 0. The maximum absolute atomic E-state index is 12.7. The van der Waals surface area contributed by atoms with Crippen LogP contribution in [0.25, 0.3) is 0 Å². The predicted octanol–water partition coefficient (Wildman–Crippen LogP) is 1.14. The smallest absolute Gasteiger partial charge is 0.375 e. The standard InChI is InChI=1S/C8H12F3NO2/c9-6-1-3-12(4-2-6)5-8(10,11)7(13)14/h6H,1-5H2,(H,13,14). The highest BCUT2D eigenvalue weighted by Crippen LogP contribution is 2.20. The van der Waals surface area contributed by atoms with Crippen LogP contribution in [-0.4, -0.2) is 47.7 Å². The number of rotatable bonds is 3. The van der Waals surface area contributed by atoms with Crippen LogP contribution in [0.2, 0.25) is 0 Å². The summed E-state index contributed by atoms with van der Waals surface area (Å²) in [6.07, 6.45) is -0.532. The number of alkyl halides is 3. The average molecular weight is 211 g/mol. The number of halogens is 3. The molecule has 0 aromatic heterocycles. The second-order valence-electron chi connectivity index (χ2n) is 3.46. The van der Waals surface area contributed by atoms with Gasteiger partial charge in [-0.05, 0) is 12.8 Å². The van der Waals surface area contributed by atoms with Crippen molar-refractivity contribution in [3.05, 3.63) is 0 Å². The van der Waals surface area contributed by atoms with Crippen molar-refractivity contribution in [2.24, 2.45) is 0 Å². The molecular weight excluding hydrogens is 199 g/mol. The minimum absolute atomic E-state index is 0.198. The molecule has 1 rings (SSSR count). The number of nitrogens with zero attached hydrogens (tertiary/aromatic N) is 1. The lowest BCUT2D eigenvalue weighted by molar-refractivity contribution is -0.167. The molecule has 0 atom stereocenters. The number of hydrogen-bond donors (Lipinski definition) is 1. The van der Waals surface area contributed by atoms with Crippen molar-refractivity contribution in [3.8, 4) is 0 Å².